The Balaban J connectivity index is 1.28. The summed E-state index contributed by atoms with van der Waals surface area (Å²) in [6, 6.07) is 7.79. The molecule has 144 valence electrons. The second-order valence-corrected chi connectivity index (χ2v) is 12.5. The number of aryl methyl sites for hydroxylation is 1. The minimum absolute atomic E-state index is 0.414. The maximum Gasteiger partial charge on any atom is 0.244 e. The van der Waals surface area contributed by atoms with Crippen LogP contribution in [0.15, 0.2) is 29.2 Å². The molecule has 3 fully saturated rings. The lowest BCUT2D eigenvalue weighted by molar-refractivity contribution is 0.213. The molecule has 6 heteroatoms. The maximum absolute atomic E-state index is 12.6. The summed E-state index contributed by atoms with van der Waals surface area (Å²) in [5.74, 6) is 0.612. The SMILES string of the molecule is Cc1ccc(S(=O)(=O)SN2CCC(CC(C)N3CCC4(CC4)C3)C2)cc1. The summed E-state index contributed by atoms with van der Waals surface area (Å²) in [7, 11) is -2.27. The zero-order chi connectivity index (χ0) is 18.4. The Hall–Kier alpha value is -0.560. The largest absolute Gasteiger partial charge is 0.300 e. The summed E-state index contributed by atoms with van der Waals surface area (Å²) in [4.78, 5) is 3.09. The quantitative estimate of drug-likeness (QED) is 0.540. The van der Waals surface area contributed by atoms with Crippen LogP contribution in [0, 0.1) is 18.3 Å². The summed E-state index contributed by atoms with van der Waals surface area (Å²) in [6.07, 6.45) is 6.55. The second-order valence-electron chi connectivity index (χ2n) is 8.69. The molecule has 1 spiro atoms. The normalized spacial score (nSPS) is 27.2. The highest BCUT2D eigenvalue weighted by Crippen LogP contribution is 2.53. The first-order valence-corrected chi connectivity index (χ1v) is 12.6. The van der Waals surface area contributed by atoms with Gasteiger partial charge in [-0.05, 0) is 76.0 Å². The minimum atomic E-state index is -3.30. The topological polar surface area (TPSA) is 40.6 Å². The van der Waals surface area contributed by atoms with E-state index in [1.807, 2.05) is 19.1 Å². The van der Waals surface area contributed by atoms with Gasteiger partial charge in [0, 0.05) is 25.7 Å². The van der Waals surface area contributed by atoms with Gasteiger partial charge in [-0.15, -0.1) is 0 Å². The smallest absolute Gasteiger partial charge is 0.244 e. The van der Waals surface area contributed by atoms with Gasteiger partial charge < -0.3 is 4.90 Å². The van der Waals surface area contributed by atoms with E-state index in [9.17, 15) is 8.42 Å². The Morgan fingerprint density at radius 3 is 2.58 bits per heavy atom. The van der Waals surface area contributed by atoms with E-state index >= 15 is 0 Å². The summed E-state index contributed by atoms with van der Waals surface area (Å²) in [5.41, 5.74) is 1.77. The third-order valence-corrected chi connectivity index (χ3v) is 9.87. The van der Waals surface area contributed by atoms with Gasteiger partial charge in [0.15, 0.2) is 0 Å². The van der Waals surface area contributed by atoms with Gasteiger partial charge in [0.1, 0.15) is 0 Å². The van der Waals surface area contributed by atoms with Gasteiger partial charge >= 0.3 is 0 Å². The molecule has 0 N–H and O–H groups in total. The molecule has 4 rings (SSSR count). The number of benzene rings is 1. The lowest BCUT2D eigenvalue weighted by Gasteiger charge is -2.27. The molecule has 2 saturated heterocycles. The van der Waals surface area contributed by atoms with E-state index in [0.29, 0.717) is 22.3 Å². The standard InChI is InChI=1S/C20H30N2O2S2/c1-16-3-5-19(6-4-16)26(23,24)25-22-11-7-18(14-22)13-17(2)21-12-10-20(15-21)8-9-20/h3-6,17-18H,7-15H2,1-2H3. The van der Waals surface area contributed by atoms with Crippen LogP contribution in [0.2, 0.25) is 0 Å². The molecule has 1 aromatic carbocycles. The molecule has 3 aliphatic rings. The van der Waals surface area contributed by atoms with Crippen molar-refractivity contribution in [3.63, 3.8) is 0 Å². The molecule has 26 heavy (non-hydrogen) atoms. The van der Waals surface area contributed by atoms with Crippen LogP contribution in [0.25, 0.3) is 0 Å². The van der Waals surface area contributed by atoms with Gasteiger partial charge in [-0.25, -0.2) is 12.7 Å². The number of hydrogen-bond donors (Lipinski definition) is 0. The Bertz CT molecular complexity index is 744. The molecule has 0 amide bonds. The number of nitrogens with zero attached hydrogens (tertiary/aromatic N) is 2. The molecule has 4 nitrogen and oxygen atoms in total. The minimum Gasteiger partial charge on any atom is -0.300 e. The first kappa shape index (κ1) is 18.8. The fourth-order valence-corrected chi connectivity index (χ4v) is 7.62. The first-order valence-electron chi connectivity index (χ1n) is 9.86. The highest BCUT2D eigenvalue weighted by atomic mass is 33.1. The van der Waals surface area contributed by atoms with Crippen molar-refractivity contribution >= 4 is 19.8 Å². The van der Waals surface area contributed by atoms with Crippen LogP contribution >= 0.6 is 11.0 Å². The average Bonchev–Trinajstić information content (AvgIpc) is 2.99. The van der Waals surface area contributed by atoms with Crippen molar-refractivity contribution in [1.82, 2.24) is 9.21 Å². The highest BCUT2D eigenvalue weighted by molar-refractivity contribution is 8.71. The lowest BCUT2D eigenvalue weighted by Crippen LogP contribution is -2.33. The van der Waals surface area contributed by atoms with Crippen LogP contribution < -0.4 is 0 Å². The Morgan fingerprint density at radius 2 is 1.92 bits per heavy atom. The fraction of sp³-hybridized carbons (Fsp3) is 0.700. The van der Waals surface area contributed by atoms with Gasteiger partial charge in [-0.2, -0.15) is 0 Å². The van der Waals surface area contributed by atoms with Gasteiger partial charge in [0.05, 0.1) is 15.9 Å². The molecule has 0 radical (unpaired) electrons. The van der Waals surface area contributed by atoms with Gasteiger partial charge in [-0.3, -0.25) is 0 Å². The maximum atomic E-state index is 12.6. The van der Waals surface area contributed by atoms with Gasteiger partial charge in [-0.1, -0.05) is 17.7 Å². The third-order valence-electron chi connectivity index (χ3n) is 6.48. The Morgan fingerprint density at radius 1 is 1.19 bits per heavy atom. The summed E-state index contributed by atoms with van der Waals surface area (Å²) in [5, 5.41) is 0. The van der Waals surface area contributed by atoms with Crippen molar-refractivity contribution in [2.45, 2.75) is 56.9 Å². The molecule has 1 saturated carbocycles. The van der Waals surface area contributed by atoms with Gasteiger partial charge in [0.25, 0.3) is 0 Å². The van der Waals surface area contributed by atoms with Crippen LogP contribution in [-0.2, 0) is 8.87 Å². The van der Waals surface area contributed by atoms with Crippen LogP contribution in [0.1, 0.15) is 44.6 Å². The lowest BCUT2D eigenvalue weighted by atomic mass is 9.99. The summed E-state index contributed by atoms with van der Waals surface area (Å²) < 4.78 is 27.3. The monoisotopic (exact) mass is 394 g/mol. The molecular formula is C20H30N2O2S2. The molecular weight excluding hydrogens is 364 g/mol. The van der Waals surface area contributed by atoms with Crippen molar-refractivity contribution in [3.8, 4) is 0 Å². The molecule has 0 aromatic heterocycles. The summed E-state index contributed by atoms with van der Waals surface area (Å²) >= 11 is 0. The second kappa shape index (κ2) is 7.12. The molecule has 1 aromatic rings. The highest BCUT2D eigenvalue weighted by Gasteiger charge is 2.48. The van der Waals surface area contributed by atoms with E-state index < -0.39 is 8.87 Å². The Labute approximate surface area is 161 Å². The number of rotatable bonds is 6. The molecule has 2 atom stereocenters. The van der Waals surface area contributed by atoms with E-state index in [1.165, 1.54) is 38.8 Å². The van der Waals surface area contributed by atoms with Crippen molar-refractivity contribution < 1.29 is 8.42 Å². The molecule has 2 heterocycles. The predicted molar refractivity (Wildman–Crippen MR) is 108 cm³/mol. The van der Waals surface area contributed by atoms with E-state index in [0.717, 1.165) is 36.1 Å². The third kappa shape index (κ3) is 4.13. The van der Waals surface area contributed by atoms with E-state index in [1.54, 1.807) is 12.1 Å². The average molecular weight is 395 g/mol. The van der Waals surface area contributed by atoms with Crippen molar-refractivity contribution in [2.75, 3.05) is 26.2 Å². The first-order chi connectivity index (χ1) is 12.4. The predicted octanol–water partition coefficient (Wildman–Crippen LogP) is 3.92. The number of likely N-dealkylation sites (tertiary alicyclic amines) is 1. The van der Waals surface area contributed by atoms with Crippen molar-refractivity contribution in [1.29, 1.82) is 0 Å². The molecule has 2 aliphatic heterocycles. The van der Waals surface area contributed by atoms with E-state index in [2.05, 4.69) is 16.1 Å². The molecule has 0 bridgehead atoms. The van der Waals surface area contributed by atoms with Crippen molar-refractivity contribution in [3.05, 3.63) is 29.8 Å². The zero-order valence-corrected chi connectivity index (χ0v) is 17.5. The summed E-state index contributed by atoms with van der Waals surface area (Å²) in [6.45, 7) is 8.65. The van der Waals surface area contributed by atoms with E-state index in [-0.39, 0.29) is 0 Å². The zero-order valence-electron chi connectivity index (χ0n) is 15.9. The fourth-order valence-electron chi connectivity index (χ4n) is 4.51. The molecule has 1 aliphatic carbocycles. The van der Waals surface area contributed by atoms with E-state index in [4.69, 9.17) is 0 Å². The van der Waals surface area contributed by atoms with Crippen LogP contribution in [-0.4, -0.2) is 49.8 Å². The number of hydrogen-bond acceptors (Lipinski definition) is 5. The van der Waals surface area contributed by atoms with Gasteiger partial charge in [0.2, 0.25) is 8.87 Å². The van der Waals surface area contributed by atoms with Crippen molar-refractivity contribution in [2.24, 2.45) is 11.3 Å². The molecule has 2 unspecified atom stereocenters. The Kier molecular flexibility index (Phi) is 5.14. The van der Waals surface area contributed by atoms with Crippen LogP contribution in [0.5, 0.6) is 0 Å². The van der Waals surface area contributed by atoms with Crippen LogP contribution in [0.3, 0.4) is 0 Å². The van der Waals surface area contributed by atoms with Crippen LogP contribution in [0.4, 0.5) is 0 Å².